The highest BCUT2D eigenvalue weighted by molar-refractivity contribution is 5.98. The number of esters is 1. The number of nitrogens with zero attached hydrogens (tertiary/aromatic N) is 2. The van der Waals surface area contributed by atoms with Gasteiger partial charge in [-0.2, -0.15) is 0 Å². The molecule has 2 aromatic rings. The molecule has 0 aliphatic carbocycles. The molecule has 0 unspecified atom stereocenters. The van der Waals surface area contributed by atoms with Gasteiger partial charge >= 0.3 is 24.0 Å². The number of rotatable bonds is 22. The van der Waals surface area contributed by atoms with Crippen molar-refractivity contribution in [2.24, 2.45) is 16.5 Å². The van der Waals surface area contributed by atoms with Gasteiger partial charge in [-0.25, -0.2) is 9.59 Å². The number of carboxylic acids is 2. The second kappa shape index (κ2) is 23.3. The molecule has 0 aromatic heterocycles. The lowest BCUT2D eigenvalue weighted by molar-refractivity contribution is -0.148. The third-order valence-electron chi connectivity index (χ3n) is 8.64. The van der Waals surface area contributed by atoms with E-state index in [0.717, 1.165) is 4.90 Å². The van der Waals surface area contributed by atoms with Gasteiger partial charge in [0.25, 0.3) is 0 Å². The first-order valence-corrected chi connectivity index (χ1v) is 18.2. The molecular weight excluding hydrogens is 764 g/mol. The molecule has 314 valence electrons. The molecule has 1 aliphatic rings. The fraction of sp³-hybridized carbons (Fsp3) is 0.432. The summed E-state index contributed by atoms with van der Waals surface area (Å²) in [6.45, 7) is -1.38. The topological polar surface area (TPSA) is 331 Å². The zero-order valence-corrected chi connectivity index (χ0v) is 31.4. The molecule has 1 aliphatic heterocycles. The van der Waals surface area contributed by atoms with Crippen LogP contribution in [0.25, 0.3) is 0 Å². The zero-order chi connectivity index (χ0) is 42.6. The van der Waals surface area contributed by atoms with Crippen LogP contribution in [-0.2, 0) is 56.2 Å². The third-order valence-corrected chi connectivity index (χ3v) is 8.64. The maximum absolute atomic E-state index is 13.7. The number of aliphatic imine (C=N–C) groups is 1. The average Bonchev–Trinajstić information content (AvgIpc) is 3.69. The van der Waals surface area contributed by atoms with Gasteiger partial charge in [-0.05, 0) is 36.8 Å². The molecule has 58 heavy (non-hydrogen) atoms. The third kappa shape index (κ3) is 15.4. The van der Waals surface area contributed by atoms with E-state index in [1.165, 1.54) is 0 Å². The van der Waals surface area contributed by atoms with Gasteiger partial charge in [0.15, 0.2) is 5.96 Å². The molecule has 0 bridgehead atoms. The van der Waals surface area contributed by atoms with Crippen LogP contribution in [-0.4, -0.2) is 124 Å². The summed E-state index contributed by atoms with van der Waals surface area (Å²) in [5.74, 6) is -8.20. The van der Waals surface area contributed by atoms with Gasteiger partial charge in [0, 0.05) is 13.1 Å². The molecule has 21 heteroatoms. The number of alkyl carbamates (subject to hydrolysis) is 1. The minimum atomic E-state index is -1.84. The average molecular weight is 813 g/mol. The van der Waals surface area contributed by atoms with E-state index in [0.29, 0.717) is 11.1 Å². The van der Waals surface area contributed by atoms with Crippen molar-refractivity contribution in [1.29, 1.82) is 0 Å². The molecule has 0 spiro atoms. The first kappa shape index (κ1) is 45.6. The molecular formula is C37H48N8O13. The predicted molar refractivity (Wildman–Crippen MR) is 202 cm³/mol. The molecule has 2 aromatic carbocycles. The van der Waals surface area contributed by atoms with Crippen molar-refractivity contribution in [2.75, 3.05) is 19.7 Å². The quantitative estimate of drug-likeness (QED) is 0.0282. The molecule has 11 N–H and O–H groups in total. The summed E-state index contributed by atoms with van der Waals surface area (Å²) in [4.78, 5) is 108. The number of carbonyl (C=O) groups excluding carboxylic acids is 6. The number of benzene rings is 2. The van der Waals surface area contributed by atoms with Crippen LogP contribution in [0, 0.1) is 0 Å². The van der Waals surface area contributed by atoms with Crippen LogP contribution in [0.15, 0.2) is 65.7 Å². The summed E-state index contributed by atoms with van der Waals surface area (Å²) in [7, 11) is 0. The zero-order valence-electron chi connectivity index (χ0n) is 31.4. The smallest absolute Gasteiger partial charge is 0.408 e. The van der Waals surface area contributed by atoms with Crippen molar-refractivity contribution < 1.29 is 63.1 Å². The molecule has 1 saturated heterocycles. The number of nitrogens with two attached hydrogens (primary N) is 2. The second-order valence-electron chi connectivity index (χ2n) is 13.0. The van der Waals surface area contributed by atoms with E-state index in [4.69, 9.17) is 20.9 Å². The van der Waals surface area contributed by atoms with Gasteiger partial charge in [-0.3, -0.25) is 33.8 Å². The van der Waals surface area contributed by atoms with Gasteiger partial charge in [-0.15, -0.1) is 0 Å². The van der Waals surface area contributed by atoms with Crippen molar-refractivity contribution in [3.8, 4) is 0 Å². The molecule has 0 radical (unpaired) electrons. The Balaban J connectivity index is 1.71. The van der Waals surface area contributed by atoms with Crippen molar-refractivity contribution in [1.82, 2.24) is 26.2 Å². The number of aliphatic hydroxyl groups is 1. The molecule has 21 nitrogen and oxygen atoms in total. The minimum absolute atomic E-state index is 0.0423. The molecule has 1 fully saturated rings. The number of amides is 5. The lowest BCUT2D eigenvalue weighted by Crippen LogP contribution is -2.60. The van der Waals surface area contributed by atoms with Gasteiger partial charge < -0.3 is 62.4 Å². The van der Waals surface area contributed by atoms with Crippen LogP contribution >= 0.6 is 0 Å². The summed E-state index contributed by atoms with van der Waals surface area (Å²) in [6.07, 6.45) is -2.30. The number of hydrogen-bond donors (Lipinski definition) is 9. The number of hydrogen-bond acceptors (Lipinski definition) is 12. The van der Waals surface area contributed by atoms with Crippen molar-refractivity contribution in [2.45, 2.75) is 81.9 Å². The van der Waals surface area contributed by atoms with E-state index < -0.39 is 97.3 Å². The number of guanidine groups is 1. The van der Waals surface area contributed by atoms with Crippen LogP contribution in [0.1, 0.15) is 49.7 Å². The van der Waals surface area contributed by atoms with Crippen LogP contribution < -0.4 is 32.7 Å². The maximum atomic E-state index is 13.7. The van der Waals surface area contributed by atoms with Gasteiger partial charge in [-0.1, -0.05) is 60.7 Å². The summed E-state index contributed by atoms with van der Waals surface area (Å²) in [6, 6.07) is 9.19. The second-order valence-corrected chi connectivity index (χ2v) is 13.0. The fourth-order valence-electron chi connectivity index (χ4n) is 5.73. The number of carboxylic acid groups (broad SMARTS) is 2. The number of carbonyl (C=O) groups is 8. The first-order valence-electron chi connectivity index (χ1n) is 18.2. The Morgan fingerprint density at radius 3 is 1.91 bits per heavy atom. The van der Waals surface area contributed by atoms with E-state index in [1.807, 2.05) is 0 Å². The van der Waals surface area contributed by atoms with Crippen LogP contribution in [0.2, 0.25) is 0 Å². The fourth-order valence-corrected chi connectivity index (χ4v) is 5.73. The minimum Gasteiger partial charge on any atom is -0.481 e. The Morgan fingerprint density at radius 2 is 1.34 bits per heavy atom. The Morgan fingerprint density at radius 1 is 0.759 bits per heavy atom. The Labute approximate surface area is 332 Å². The van der Waals surface area contributed by atoms with Crippen molar-refractivity contribution >= 4 is 53.6 Å². The highest BCUT2D eigenvalue weighted by Gasteiger charge is 2.40. The molecule has 3 rings (SSSR count). The van der Waals surface area contributed by atoms with E-state index in [9.17, 15) is 53.7 Å². The van der Waals surface area contributed by atoms with E-state index in [-0.39, 0.29) is 57.9 Å². The number of aliphatic hydroxyl groups excluding tert-OH is 1. The van der Waals surface area contributed by atoms with Gasteiger partial charge in [0.05, 0.1) is 19.4 Å². The first-order chi connectivity index (χ1) is 27.7. The lowest BCUT2D eigenvalue weighted by atomic mass is 10.1. The SMILES string of the molecule is NC(N)=NCCC[C@H](NC(=O)[C@@H]1CCCN1C(=O)[C@H](CC(=O)O)NC(=O)[C@H](CO)NC(=O)[C@H](CC(=O)OCc1ccccc1)NC(=O)OCc1ccccc1)C(=O)O. The van der Waals surface area contributed by atoms with Crippen molar-refractivity contribution in [3.05, 3.63) is 71.8 Å². The number of ether oxygens (including phenoxy) is 2. The Kier molecular flexibility index (Phi) is 18.4. The van der Waals surface area contributed by atoms with Gasteiger partial charge in [0.1, 0.15) is 43.4 Å². The largest absolute Gasteiger partial charge is 0.481 e. The number of nitrogens with one attached hydrogen (secondary N) is 4. The summed E-state index contributed by atoms with van der Waals surface area (Å²) < 4.78 is 10.4. The normalized spacial score (nSPS) is 15.3. The summed E-state index contributed by atoms with van der Waals surface area (Å²) >= 11 is 0. The van der Waals surface area contributed by atoms with E-state index in [1.54, 1.807) is 60.7 Å². The predicted octanol–water partition coefficient (Wildman–Crippen LogP) is -1.53. The lowest BCUT2D eigenvalue weighted by Gasteiger charge is -2.30. The maximum Gasteiger partial charge on any atom is 0.408 e. The molecule has 5 amide bonds. The highest BCUT2D eigenvalue weighted by Crippen LogP contribution is 2.20. The summed E-state index contributed by atoms with van der Waals surface area (Å²) in [5, 5.41) is 38.3. The summed E-state index contributed by atoms with van der Waals surface area (Å²) in [5.41, 5.74) is 11.8. The van der Waals surface area contributed by atoms with Crippen LogP contribution in [0.4, 0.5) is 4.79 Å². The Hall–Kier alpha value is -6.77. The molecule has 1 heterocycles. The number of aliphatic carboxylic acids is 2. The monoisotopic (exact) mass is 812 g/mol. The molecule has 5 atom stereocenters. The number of likely N-dealkylation sites (tertiary alicyclic amines) is 1. The van der Waals surface area contributed by atoms with E-state index in [2.05, 4.69) is 26.3 Å². The van der Waals surface area contributed by atoms with Gasteiger partial charge in [0.2, 0.25) is 23.6 Å². The Bertz CT molecular complexity index is 1720. The standard InChI is InChI=1S/C37H48N8O13/c38-36(39)40-15-7-13-24(35(54)55)41-33(52)28-14-8-16-45(28)34(53)26(17-29(47)48)42-32(51)27(19-46)43-31(50)25(18-30(49)57-20-22-9-3-1-4-10-22)44-37(56)58-21-23-11-5-2-6-12-23/h1-6,9-12,24-28,46H,7-8,13-21H2,(H,41,52)(H,42,51)(H,43,50)(H,44,56)(H,47,48)(H,54,55)(H4,38,39,40)/t24-,25-,26-,27-,28-/m0/s1. The van der Waals surface area contributed by atoms with E-state index >= 15 is 0 Å². The highest BCUT2D eigenvalue weighted by atomic mass is 16.5. The van der Waals surface area contributed by atoms with Crippen LogP contribution in [0.5, 0.6) is 0 Å². The molecule has 0 saturated carbocycles. The van der Waals surface area contributed by atoms with Crippen molar-refractivity contribution in [3.63, 3.8) is 0 Å². The van der Waals surface area contributed by atoms with Crippen LogP contribution in [0.3, 0.4) is 0 Å².